The average molecular weight is 292 g/mol. The van der Waals surface area contributed by atoms with Gasteiger partial charge in [0.2, 0.25) is 0 Å². The van der Waals surface area contributed by atoms with Crippen LogP contribution in [0.2, 0.25) is 0 Å². The third-order valence-corrected chi connectivity index (χ3v) is 3.77. The summed E-state index contributed by atoms with van der Waals surface area (Å²) in [5.41, 5.74) is 4.58. The Kier molecular flexibility index (Phi) is 3.88. The predicted molar refractivity (Wildman–Crippen MR) is 89.8 cm³/mol. The second-order valence-corrected chi connectivity index (χ2v) is 5.34. The van der Waals surface area contributed by atoms with E-state index in [1.54, 1.807) is 6.07 Å². The van der Waals surface area contributed by atoms with Crippen molar-refractivity contribution in [1.82, 2.24) is 10.2 Å². The Labute approximate surface area is 129 Å². The van der Waals surface area contributed by atoms with Gasteiger partial charge >= 0.3 is 0 Å². The van der Waals surface area contributed by atoms with Crippen LogP contribution in [0.5, 0.6) is 0 Å². The maximum Gasteiger partial charge on any atom is 0.123 e. The molecule has 110 valence electrons. The number of aromatic nitrogens is 2. The van der Waals surface area contributed by atoms with Crippen molar-refractivity contribution < 1.29 is 4.39 Å². The summed E-state index contributed by atoms with van der Waals surface area (Å²) in [4.78, 5) is 0. The second-order valence-electron chi connectivity index (χ2n) is 5.34. The fourth-order valence-electron chi connectivity index (χ4n) is 2.51. The van der Waals surface area contributed by atoms with Crippen LogP contribution in [-0.2, 0) is 0 Å². The van der Waals surface area contributed by atoms with Gasteiger partial charge in [-0.2, -0.15) is 5.10 Å². The maximum absolute atomic E-state index is 13.3. The Morgan fingerprint density at radius 3 is 2.59 bits per heavy atom. The van der Waals surface area contributed by atoms with Crippen molar-refractivity contribution in [3.8, 4) is 0 Å². The first kappa shape index (κ1) is 14.3. The molecule has 0 unspecified atom stereocenters. The van der Waals surface area contributed by atoms with Crippen LogP contribution < -0.4 is 0 Å². The first-order chi connectivity index (χ1) is 10.6. The topological polar surface area (TPSA) is 28.7 Å². The molecule has 0 aliphatic rings. The Bertz CT molecular complexity index is 845. The number of para-hydroxylation sites is 1. The standard InChI is InChI=1S/C19H17FN2/c1-13(15-6-5-7-16(20)12-15)10-11-14(2)19-17-8-3-4-9-18(17)21-22-19/h3-9,12H,1-2,10-11H2,(H,21,22). The maximum atomic E-state index is 13.3. The van der Waals surface area contributed by atoms with E-state index in [1.165, 1.54) is 12.1 Å². The minimum Gasteiger partial charge on any atom is -0.277 e. The van der Waals surface area contributed by atoms with Crippen molar-refractivity contribution in [2.75, 3.05) is 0 Å². The molecule has 0 saturated carbocycles. The van der Waals surface area contributed by atoms with Gasteiger partial charge in [-0.3, -0.25) is 5.10 Å². The number of allylic oxidation sites excluding steroid dienone is 2. The minimum atomic E-state index is -0.240. The lowest BCUT2D eigenvalue weighted by Crippen LogP contribution is -1.89. The van der Waals surface area contributed by atoms with Crippen LogP contribution in [0.15, 0.2) is 61.7 Å². The molecular formula is C19H17FN2. The summed E-state index contributed by atoms with van der Waals surface area (Å²) >= 11 is 0. The third-order valence-electron chi connectivity index (χ3n) is 3.77. The first-order valence-electron chi connectivity index (χ1n) is 7.20. The van der Waals surface area contributed by atoms with Crippen molar-refractivity contribution >= 4 is 22.0 Å². The zero-order chi connectivity index (χ0) is 15.5. The van der Waals surface area contributed by atoms with E-state index in [-0.39, 0.29) is 5.82 Å². The molecule has 1 N–H and O–H groups in total. The number of rotatable bonds is 5. The van der Waals surface area contributed by atoms with E-state index in [9.17, 15) is 4.39 Å². The fraction of sp³-hybridized carbons (Fsp3) is 0.105. The highest BCUT2D eigenvalue weighted by Gasteiger charge is 2.09. The van der Waals surface area contributed by atoms with Gasteiger partial charge in [-0.05, 0) is 47.8 Å². The molecule has 3 aromatic rings. The molecule has 0 amide bonds. The van der Waals surface area contributed by atoms with Gasteiger partial charge in [-0.15, -0.1) is 0 Å². The van der Waals surface area contributed by atoms with E-state index >= 15 is 0 Å². The molecule has 2 aromatic carbocycles. The number of fused-ring (bicyclic) bond motifs is 1. The SMILES string of the molecule is C=C(CCC(=C)c1n[nH]c2ccccc12)c1cccc(F)c1. The van der Waals surface area contributed by atoms with Gasteiger partial charge < -0.3 is 0 Å². The van der Waals surface area contributed by atoms with Gasteiger partial charge in [0.1, 0.15) is 5.82 Å². The van der Waals surface area contributed by atoms with E-state index < -0.39 is 0 Å². The zero-order valence-corrected chi connectivity index (χ0v) is 12.3. The molecule has 3 heteroatoms. The van der Waals surface area contributed by atoms with Crippen LogP contribution in [0, 0.1) is 5.82 Å². The molecule has 2 nitrogen and oxygen atoms in total. The van der Waals surface area contributed by atoms with E-state index in [0.29, 0.717) is 0 Å². The van der Waals surface area contributed by atoms with Gasteiger partial charge in [-0.25, -0.2) is 4.39 Å². The van der Waals surface area contributed by atoms with Crippen LogP contribution >= 0.6 is 0 Å². The van der Waals surface area contributed by atoms with Crippen molar-refractivity contribution in [1.29, 1.82) is 0 Å². The number of hydrogen-bond acceptors (Lipinski definition) is 1. The summed E-state index contributed by atoms with van der Waals surface area (Å²) in [6, 6.07) is 14.5. The van der Waals surface area contributed by atoms with Crippen LogP contribution in [0.25, 0.3) is 22.0 Å². The quantitative estimate of drug-likeness (QED) is 0.687. The summed E-state index contributed by atoms with van der Waals surface area (Å²) in [5.74, 6) is -0.240. The number of nitrogens with zero attached hydrogens (tertiary/aromatic N) is 1. The van der Waals surface area contributed by atoms with Crippen molar-refractivity contribution in [3.05, 3.63) is 78.8 Å². The van der Waals surface area contributed by atoms with Gasteiger partial charge in [-0.1, -0.05) is 43.5 Å². The largest absolute Gasteiger partial charge is 0.277 e. The molecule has 0 spiro atoms. The van der Waals surface area contributed by atoms with Crippen molar-refractivity contribution in [3.63, 3.8) is 0 Å². The summed E-state index contributed by atoms with van der Waals surface area (Å²) in [6.45, 7) is 8.18. The highest BCUT2D eigenvalue weighted by Crippen LogP contribution is 2.27. The number of aromatic amines is 1. The monoisotopic (exact) mass is 292 g/mol. The van der Waals surface area contributed by atoms with E-state index in [4.69, 9.17) is 0 Å². The summed E-state index contributed by atoms with van der Waals surface area (Å²) in [6.07, 6.45) is 1.47. The summed E-state index contributed by atoms with van der Waals surface area (Å²) < 4.78 is 13.3. The van der Waals surface area contributed by atoms with Gasteiger partial charge in [0.15, 0.2) is 0 Å². The normalized spacial score (nSPS) is 10.8. The molecule has 0 atom stereocenters. The Morgan fingerprint density at radius 1 is 1.00 bits per heavy atom. The van der Waals surface area contributed by atoms with Crippen molar-refractivity contribution in [2.24, 2.45) is 0 Å². The Morgan fingerprint density at radius 2 is 1.77 bits per heavy atom. The predicted octanol–water partition coefficient (Wildman–Crippen LogP) is 5.21. The lowest BCUT2D eigenvalue weighted by Gasteiger charge is -2.07. The number of benzene rings is 2. The molecule has 0 aliphatic carbocycles. The zero-order valence-electron chi connectivity index (χ0n) is 12.3. The molecule has 0 radical (unpaired) electrons. The summed E-state index contributed by atoms with van der Waals surface area (Å²) in [5, 5.41) is 8.43. The highest BCUT2D eigenvalue weighted by molar-refractivity contribution is 5.89. The molecule has 0 aliphatic heterocycles. The first-order valence-corrected chi connectivity index (χ1v) is 7.20. The lowest BCUT2D eigenvalue weighted by molar-refractivity contribution is 0.627. The van der Waals surface area contributed by atoms with Crippen LogP contribution in [-0.4, -0.2) is 10.2 Å². The van der Waals surface area contributed by atoms with Crippen LogP contribution in [0.3, 0.4) is 0 Å². The van der Waals surface area contributed by atoms with Gasteiger partial charge in [0.25, 0.3) is 0 Å². The van der Waals surface area contributed by atoms with Gasteiger partial charge in [0, 0.05) is 5.39 Å². The molecular weight excluding hydrogens is 275 g/mol. The number of H-pyrrole nitrogens is 1. The Balaban J connectivity index is 1.71. The second kappa shape index (κ2) is 5.98. The lowest BCUT2D eigenvalue weighted by atomic mass is 9.98. The smallest absolute Gasteiger partial charge is 0.123 e. The Hall–Kier alpha value is -2.68. The molecule has 0 bridgehead atoms. The number of nitrogens with one attached hydrogen (secondary N) is 1. The molecule has 22 heavy (non-hydrogen) atoms. The average Bonchev–Trinajstić information content (AvgIpc) is 2.96. The van der Waals surface area contributed by atoms with Gasteiger partial charge in [0.05, 0.1) is 11.2 Å². The molecule has 1 heterocycles. The minimum absolute atomic E-state index is 0.240. The fourth-order valence-corrected chi connectivity index (χ4v) is 2.51. The third kappa shape index (κ3) is 2.84. The molecule has 1 aromatic heterocycles. The molecule has 3 rings (SSSR count). The van der Waals surface area contributed by atoms with E-state index in [1.807, 2.05) is 30.3 Å². The number of halogens is 1. The van der Waals surface area contributed by atoms with Crippen LogP contribution in [0.1, 0.15) is 24.1 Å². The molecule has 0 fully saturated rings. The van der Waals surface area contributed by atoms with E-state index in [2.05, 4.69) is 23.4 Å². The highest BCUT2D eigenvalue weighted by atomic mass is 19.1. The van der Waals surface area contributed by atoms with Crippen LogP contribution in [0.4, 0.5) is 4.39 Å². The number of hydrogen-bond donors (Lipinski definition) is 1. The van der Waals surface area contributed by atoms with E-state index in [0.717, 1.165) is 46.1 Å². The summed E-state index contributed by atoms with van der Waals surface area (Å²) in [7, 11) is 0. The van der Waals surface area contributed by atoms with Crippen molar-refractivity contribution in [2.45, 2.75) is 12.8 Å². The molecule has 0 saturated heterocycles.